The predicted molar refractivity (Wildman–Crippen MR) is 75.7 cm³/mol. The summed E-state index contributed by atoms with van der Waals surface area (Å²) in [5.41, 5.74) is 1.95. The van der Waals surface area contributed by atoms with E-state index in [4.69, 9.17) is 10.2 Å². The van der Waals surface area contributed by atoms with Crippen LogP contribution >= 0.6 is 0 Å². The zero-order valence-corrected chi connectivity index (χ0v) is 11.4. The molecule has 4 heteroatoms. The lowest BCUT2D eigenvalue weighted by Gasteiger charge is -2.26. The third-order valence-electron chi connectivity index (χ3n) is 2.95. The van der Waals surface area contributed by atoms with E-state index in [0.29, 0.717) is 19.1 Å². The minimum Gasteiger partial charge on any atom is -0.478 e. The van der Waals surface area contributed by atoms with Crippen LogP contribution in [-0.2, 0) is 11.3 Å². The van der Waals surface area contributed by atoms with Crippen LogP contribution in [0.25, 0.3) is 6.08 Å². The molecule has 0 fully saturated rings. The Bertz CT molecular complexity index is 441. The minimum atomic E-state index is -0.953. The average Bonchev–Trinajstić information content (AvgIpc) is 2.37. The summed E-state index contributed by atoms with van der Waals surface area (Å²) in [5, 5.41) is 17.8. The minimum absolute atomic E-state index is 0.116. The number of aliphatic hydroxyl groups is 1. The molecule has 1 aromatic rings. The zero-order chi connectivity index (χ0) is 14.3. The summed E-state index contributed by atoms with van der Waals surface area (Å²) in [6.07, 6.45) is 2.75. The first-order valence-corrected chi connectivity index (χ1v) is 6.38. The number of carboxylic acid groups (broad SMARTS) is 1. The van der Waals surface area contributed by atoms with E-state index in [0.717, 1.165) is 17.2 Å². The van der Waals surface area contributed by atoms with E-state index in [1.807, 2.05) is 24.3 Å². The molecule has 0 bridgehead atoms. The second-order valence-electron chi connectivity index (χ2n) is 4.66. The van der Waals surface area contributed by atoms with Crippen molar-refractivity contribution < 1.29 is 15.0 Å². The summed E-state index contributed by atoms with van der Waals surface area (Å²) in [6.45, 7) is 5.56. The van der Waals surface area contributed by atoms with Crippen LogP contribution in [-0.4, -0.2) is 40.3 Å². The van der Waals surface area contributed by atoms with E-state index >= 15 is 0 Å². The maximum Gasteiger partial charge on any atom is 0.328 e. The molecule has 0 heterocycles. The maximum atomic E-state index is 10.6. The second-order valence-corrected chi connectivity index (χ2v) is 4.66. The summed E-state index contributed by atoms with van der Waals surface area (Å²) < 4.78 is 0. The number of carboxylic acids is 1. The summed E-state index contributed by atoms with van der Waals surface area (Å²) in [4.78, 5) is 12.7. The van der Waals surface area contributed by atoms with Crippen molar-refractivity contribution in [2.75, 3.05) is 13.2 Å². The first-order chi connectivity index (χ1) is 9.04. The number of carbonyl (C=O) groups is 1. The molecule has 4 nitrogen and oxygen atoms in total. The van der Waals surface area contributed by atoms with Crippen LogP contribution in [0.1, 0.15) is 25.0 Å². The topological polar surface area (TPSA) is 60.8 Å². The Morgan fingerprint density at radius 1 is 1.37 bits per heavy atom. The van der Waals surface area contributed by atoms with Gasteiger partial charge in [-0.25, -0.2) is 4.79 Å². The summed E-state index contributed by atoms with van der Waals surface area (Å²) in [5.74, 6) is -0.953. The van der Waals surface area contributed by atoms with Gasteiger partial charge in [-0.15, -0.1) is 0 Å². The fraction of sp³-hybridized carbons (Fsp3) is 0.400. The van der Waals surface area contributed by atoms with Gasteiger partial charge >= 0.3 is 5.97 Å². The summed E-state index contributed by atoms with van der Waals surface area (Å²) in [6, 6.07) is 8.02. The molecule has 0 saturated heterocycles. The molecule has 0 saturated carbocycles. The van der Waals surface area contributed by atoms with Gasteiger partial charge in [0.1, 0.15) is 0 Å². The van der Waals surface area contributed by atoms with Crippen molar-refractivity contribution in [3.63, 3.8) is 0 Å². The molecule has 19 heavy (non-hydrogen) atoms. The maximum absolute atomic E-state index is 10.6. The SMILES string of the molecule is CC(C)N(CCO)Cc1ccccc1C=CC(=O)O. The third-order valence-corrected chi connectivity index (χ3v) is 2.95. The van der Waals surface area contributed by atoms with Crippen LogP contribution in [0.5, 0.6) is 0 Å². The smallest absolute Gasteiger partial charge is 0.328 e. The highest BCUT2D eigenvalue weighted by Gasteiger charge is 2.10. The highest BCUT2D eigenvalue weighted by molar-refractivity contribution is 5.85. The van der Waals surface area contributed by atoms with Crippen LogP contribution in [0, 0.1) is 0 Å². The van der Waals surface area contributed by atoms with Crippen molar-refractivity contribution in [2.45, 2.75) is 26.4 Å². The lowest BCUT2D eigenvalue weighted by Crippen LogP contribution is -2.33. The fourth-order valence-electron chi connectivity index (χ4n) is 1.87. The van der Waals surface area contributed by atoms with Gasteiger partial charge in [-0.3, -0.25) is 4.90 Å². The number of benzene rings is 1. The molecule has 0 atom stereocenters. The average molecular weight is 263 g/mol. The highest BCUT2D eigenvalue weighted by Crippen LogP contribution is 2.15. The number of hydrogen-bond acceptors (Lipinski definition) is 3. The Kier molecular flexibility index (Phi) is 6.25. The number of nitrogens with zero attached hydrogens (tertiary/aromatic N) is 1. The van der Waals surface area contributed by atoms with Crippen LogP contribution in [0.15, 0.2) is 30.3 Å². The van der Waals surface area contributed by atoms with Gasteiger partial charge < -0.3 is 10.2 Å². The van der Waals surface area contributed by atoms with Gasteiger partial charge in [0.25, 0.3) is 0 Å². The van der Waals surface area contributed by atoms with Crippen LogP contribution in [0.2, 0.25) is 0 Å². The van der Waals surface area contributed by atoms with E-state index in [2.05, 4.69) is 18.7 Å². The Balaban J connectivity index is 2.90. The molecular weight excluding hydrogens is 242 g/mol. The number of aliphatic hydroxyl groups excluding tert-OH is 1. The van der Waals surface area contributed by atoms with E-state index < -0.39 is 5.97 Å². The predicted octanol–water partition coefficient (Wildman–Crippen LogP) is 1.99. The van der Waals surface area contributed by atoms with Crippen molar-refractivity contribution in [1.82, 2.24) is 4.90 Å². The van der Waals surface area contributed by atoms with Gasteiger partial charge in [-0.2, -0.15) is 0 Å². The van der Waals surface area contributed by atoms with Crippen molar-refractivity contribution in [2.24, 2.45) is 0 Å². The second kappa shape index (κ2) is 7.71. The number of hydrogen-bond donors (Lipinski definition) is 2. The van der Waals surface area contributed by atoms with Crippen LogP contribution in [0.3, 0.4) is 0 Å². The van der Waals surface area contributed by atoms with Gasteiger partial charge in [-0.05, 0) is 31.1 Å². The van der Waals surface area contributed by atoms with Gasteiger partial charge in [0.15, 0.2) is 0 Å². The molecular formula is C15H21NO3. The molecule has 0 aliphatic heterocycles. The number of rotatable bonds is 7. The van der Waals surface area contributed by atoms with Gasteiger partial charge in [0, 0.05) is 25.2 Å². The highest BCUT2D eigenvalue weighted by atomic mass is 16.4. The molecule has 2 N–H and O–H groups in total. The molecule has 0 radical (unpaired) electrons. The lowest BCUT2D eigenvalue weighted by atomic mass is 10.1. The van der Waals surface area contributed by atoms with Crippen molar-refractivity contribution in [3.8, 4) is 0 Å². The molecule has 0 amide bonds. The molecule has 0 aliphatic rings. The van der Waals surface area contributed by atoms with Crippen molar-refractivity contribution >= 4 is 12.0 Å². The molecule has 1 aromatic carbocycles. The third kappa shape index (κ3) is 5.24. The molecule has 0 aliphatic carbocycles. The van der Waals surface area contributed by atoms with Crippen molar-refractivity contribution in [3.05, 3.63) is 41.5 Å². The monoisotopic (exact) mass is 263 g/mol. The van der Waals surface area contributed by atoms with E-state index in [-0.39, 0.29) is 6.61 Å². The quantitative estimate of drug-likeness (QED) is 0.739. The Morgan fingerprint density at radius 2 is 2.05 bits per heavy atom. The lowest BCUT2D eigenvalue weighted by molar-refractivity contribution is -0.131. The van der Waals surface area contributed by atoms with E-state index in [1.165, 1.54) is 0 Å². The Hall–Kier alpha value is -1.65. The number of aliphatic carboxylic acids is 1. The summed E-state index contributed by atoms with van der Waals surface area (Å²) in [7, 11) is 0. The normalized spacial score (nSPS) is 11.6. The van der Waals surface area contributed by atoms with Crippen LogP contribution < -0.4 is 0 Å². The van der Waals surface area contributed by atoms with E-state index in [9.17, 15) is 4.79 Å². The first kappa shape index (κ1) is 15.4. The Morgan fingerprint density at radius 3 is 2.63 bits per heavy atom. The van der Waals surface area contributed by atoms with Crippen LogP contribution in [0.4, 0.5) is 0 Å². The largest absolute Gasteiger partial charge is 0.478 e. The van der Waals surface area contributed by atoms with Gasteiger partial charge in [-0.1, -0.05) is 24.3 Å². The standard InChI is InChI=1S/C15H21NO3/c1-12(2)16(9-10-17)11-14-6-4-3-5-13(14)7-8-15(18)19/h3-8,12,17H,9-11H2,1-2H3,(H,18,19). The molecule has 104 valence electrons. The molecule has 0 spiro atoms. The summed E-state index contributed by atoms with van der Waals surface area (Å²) >= 11 is 0. The van der Waals surface area contributed by atoms with Crippen molar-refractivity contribution in [1.29, 1.82) is 0 Å². The van der Waals surface area contributed by atoms with Gasteiger partial charge in [0.2, 0.25) is 0 Å². The van der Waals surface area contributed by atoms with Gasteiger partial charge in [0.05, 0.1) is 6.61 Å². The molecule has 0 unspecified atom stereocenters. The zero-order valence-electron chi connectivity index (χ0n) is 11.4. The first-order valence-electron chi connectivity index (χ1n) is 6.38. The molecule has 0 aromatic heterocycles. The van der Waals surface area contributed by atoms with E-state index in [1.54, 1.807) is 6.08 Å². The molecule has 1 rings (SSSR count). The Labute approximate surface area is 114 Å². The fourth-order valence-corrected chi connectivity index (χ4v) is 1.87.